The minimum Gasteiger partial charge on any atom is -0.271 e. The zero-order valence-electron chi connectivity index (χ0n) is 16.5. The number of rotatable bonds is 8. The first-order valence-corrected chi connectivity index (χ1v) is 11.4. The number of hydrazone groups is 1. The van der Waals surface area contributed by atoms with Gasteiger partial charge in [0.25, 0.3) is 21.6 Å². The molecule has 0 aliphatic heterocycles. The molecule has 0 fully saturated rings. The van der Waals surface area contributed by atoms with Gasteiger partial charge >= 0.3 is 0 Å². The highest BCUT2D eigenvalue weighted by Crippen LogP contribution is 2.29. The third-order valence-electron chi connectivity index (χ3n) is 4.23. The molecule has 0 saturated heterocycles. The molecule has 32 heavy (non-hydrogen) atoms. The Labute approximate surface area is 192 Å². The molecule has 3 aromatic carbocycles. The lowest BCUT2D eigenvalue weighted by atomic mass is 10.2. The van der Waals surface area contributed by atoms with E-state index in [9.17, 15) is 23.3 Å². The van der Waals surface area contributed by atoms with Gasteiger partial charge in [-0.15, -0.1) is 0 Å². The van der Waals surface area contributed by atoms with E-state index in [-0.39, 0.29) is 5.69 Å². The molecular weight excluding hydrogens is 500 g/mol. The van der Waals surface area contributed by atoms with E-state index in [0.717, 1.165) is 26.5 Å². The Morgan fingerprint density at radius 1 is 1.03 bits per heavy atom. The van der Waals surface area contributed by atoms with Crippen molar-refractivity contribution >= 4 is 49.4 Å². The van der Waals surface area contributed by atoms with Crippen molar-refractivity contribution in [1.82, 2.24) is 5.43 Å². The fourth-order valence-electron chi connectivity index (χ4n) is 2.75. The van der Waals surface area contributed by atoms with Gasteiger partial charge < -0.3 is 0 Å². The predicted molar refractivity (Wildman–Crippen MR) is 124 cm³/mol. The average Bonchev–Trinajstić information content (AvgIpc) is 2.79. The Hall–Kier alpha value is -3.57. The number of anilines is 1. The van der Waals surface area contributed by atoms with Crippen LogP contribution in [-0.2, 0) is 14.8 Å². The van der Waals surface area contributed by atoms with Crippen LogP contribution in [0.2, 0.25) is 0 Å². The van der Waals surface area contributed by atoms with Crippen molar-refractivity contribution in [3.8, 4) is 0 Å². The standard InChI is InChI=1S/C21H17BrN4O5S/c22-17-12-10-16(11-13-17)14-23-24-21(27)15-25(18-6-2-1-3-7-18)32(30,31)20-9-5-4-8-19(20)26(28)29/h1-14H,15H2,(H,24,27)/b23-14-. The number of nitro groups is 1. The molecule has 0 heterocycles. The van der Waals surface area contributed by atoms with Crippen molar-refractivity contribution in [2.45, 2.75) is 4.90 Å². The van der Waals surface area contributed by atoms with Gasteiger partial charge in [0.1, 0.15) is 6.54 Å². The zero-order chi connectivity index (χ0) is 23.1. The topological polar surface area (TPSA) is 122 Å². The van der Waals surface area contributed by atoms with Gasteiger partial charge in [-0.05, 0) is 35.9 Å². The van der Waals surface area contributed by atoms with Crippen LogP contribution in [0.5, 0.6) is 0 Å². The van der Waals surface area contributed by atoms with Gasteiger partial charge in [0.05, 0.1) is 16.8 Å². The van der Waals surface area contributed by atoms with Crippen LogP contribution in [0.15, 0.2) is 93.3 Å². The molecule has 9 nitrogen and oxygen atoms in total. The van der Waals surface area contributed by atoms with Crippen LogP contribution in [-0.4, -0.2) is 32.0 Å². The first-order chi connectivity index (χ1) is 15.3. The lowest BCUT2D eigenvalue weighted by molar-refractivity contribution is -0.387. The fraction of sp³-hybridized carbons (Fsp3) is 0.0476. The van der Waals surface area contributed by atoms with E-state index in [2.05, 4.69) is 26.5 Å². The van der Waals surface area contributed by atoms with Gasteiger partial charge in [0.15, 0.2) is 4.90 Å². The molecule has 0 aliphatic carbocycles. The number of sulfonamides is 1. The summed E-state index contributed by atoms with van der Waals surface area (Å²) in [7, 11) is -4.43. The number of hydrogen-bond donors (Lipinski definition) is 1. The smallest absolute Gasteiger partial charge is 0.271 e. The second-order valence-electron chi connectivity index (χ2n) is 6.42. The quantitative estimate of drug-likeness (QED) is 0.277. The second kappa shape index (κ2) is 10.2. The summed E-state index contributed by atoms with van der Waals surface area (Å²) in [4.78, 5) is 22.6. The number of carbonyl (C=O) groups excluding carboxylic acids is 1. The van der Waals surface area contributed by atoms with Crippen molar-refractivity contribution in [1.29, 1.82) is 0 Å². The summed E-state index contributed by atoms with van der Waals surface area (Å²) in [6, 6.07) is 20.0. The van der Waals surface area contributed by atoms with Crippen molar-refractivity contribution < 1.29 is 18.1 Å². The normalized spacial score (nSPS) is 11.3. The predicted octanol–water partition coefficient (Wildman–Crippen LogP) is 3.70. The molecule has 3 rings (SSSR count). The molecular formula is C21H17BrN4O5S. The maximum Gasteiger partial charge on any atom is 0.289 e. The van der Waals surface area contributed by atoms with Crippen LogP contribution in [0.25, 0.3) is 0 Å². The van der Waals surface area contributed by atoms with Gasteiger partial charge in [-0.3, -0.25) is 19.2 Å². The van der Waals surface area contributed by atoms with E-state index in [4.69, 9.17) is 0 Å². The molecule has 11 heteroatoms. The minimum absolute atomic E-state index is 0.178. The molecule has 0 aliphatic rings. The largest absolute Gasteiger partial charge is 0.289 e. The number of hydrogen-bond acceptors (Lipinski definition) is 6. The number of nitrogens with one attached hydrogen (secondary N) is 1. The summed E-state index contributed by atoms with van der Waals surface area (Å²) in [6.45, 7) is -0.629. The van der Waals surface area contributed by atoms with Crippen molar-refractivity contribution in [3.05, 3.63) is 99.0 Å². The molecule has 0 bridgehead atoms. The van der Waals surface area contributed by atoms with Crippen LogP contribution in [0, 0.1) is 10.1 Å². The highest BCUT2D eigenvalue weighted by atomic mass is 79.9. The molecule has 0 aromatic heterocycles. The molecule has 0 spiro atoms. The Bertz CT molecular complexity index is 1250. The molecule has 1 amide bonds. The van der Waals surface area contributed by atoms with E-state index < -0.39 is 38.0 Å². The summed E-state index contributed by atoms with van der Waals surface area (Å²) in [5.74, 6) is -0.718. The molecule has 0 radical (unpaired) electrons. The first-order valence-electron chi connectivity index (χ1n) is 9.18. The van der Waals surface area contributed by atoms with E-state index in [1.54, 1.807) is 42.5 Å². The SMILES string of the molecule is O=C(CN(c1ccccc1)S(=O)(=O)c1ccccc1[N+](=O)[O-])N/N=C\c1ccc(Br)cc1. The third kappa shape index (κ3) is 5.56. The van der Waals surface area contributed by atoms with E-state index >= 15 is 0 Å². The molecule has 0 unspecified atom stereocenters. The summed E-state index contributed by atoms with van der Waals surface area (Å²) in [5, 5.41) is 15.2. The number of nitrogens with zero attached hydrogens (tertiary/aromatic N) is 3. The minimum atomic E-state index is -4.43. The molecule has 164 valence electrons. The van der Waals surface area contributed by atoms with Gasteiger partial charge in [-0.2, -0.15) is 5.10 Å². The summed E-state index contributed by atoms with van der Waals surface area (Å²) >= 11 is 3.32. The zero-order valence-corrected chi connectivity index (χ0v) is 18.9. The van der Waals surface area contributed by atoms with E-state index in [0.29, 0.717) is 0 Å². The number of para-hydroxylation sites is 2. The van der Waals surface area contributed by atoms with Crippen LogP contribution in [0.3, 0.4) is 0 Å². The van der Waals surface area contributed by atoms with Crippen LogP contribution in [0.1, 0.15) is 5.56 Å². The number of amides is 1. The van der Waals surface area contributed by atoms with Gasteiger partial charge in [-0.1, -0.05) is 58.4 Å². The molecule has 3 aromatic rings. The van der Waals surface area contributed by atoms with Crippen molar-refractivity contribution in [3.63, 3.8) is 0 Å². The fourth-order valence-corrected chi connectivity index (χ4v) is 4.59. The lowest BCUT2D eigenvalue weighted by Gasteiger charge is -2.23. The maximum atomic E-state index is 13.3. The highest BCUT2D eigenvalue weighted by Gasteiger charge is 2.32. The third-order valence-corrected chi connectivity index (χ3v) is 6.58. The number of carbonyl (C=O) groups is 1. The van der Waals surface area contributed by atoms with Gasteiger partial charge in [0.2, 0.25) is 0 Å². The summed E-state index contributed by atoms with van der Waals surface area (Å²) < 4.78 is 28.3. The van der Waals surface area contributed by atoms with Crippen molar-refractivity contribution in [2.24, 2.45) is 5.10 Å². The Morgan fingerprint density at radius 3 is 2.31 bits per heavy atom. The Kier molecular flexibility index (Phi) is 7.33. The summed E-state index contributed by atoms with van der Waals surface area (Å²) in [5.41, 5.74) is 2.61. The monoisotopic (exact) mass is 516 g/mol. The molecule has 0 atom stereocenters. The highest BCUT2D eigenvalue weighted by molar-refractivity contribution is 9.10. The van der Waals surface area contributed by atoms with Gasteiger partial charge in [-0.25, -0.2) is 13.8 Å². The summed E-state index contributed by atoms with van der Waals surface area (Å²) in [6.07, 6.45) is 1.41. The van der Waals surface area contributed by atoms with Gasteiger partial charge in [0, 0.05) is 10.5 Å². The van der Waals surface area contributed by atoms with Crippen LogP contribution >= 0.6 is 15.9 Å². The molecule has 1 N–H and O–H groups in total. The Morgan fingerprint density at radius 2 is 1.66 bits per heavy atom. The van der Waals surface area contributed by atoms with Crippen molar-refractivity contribution in [2.75, 3.05) is 10.8 Å². The average molecular weight is 517 g/mol. The second-order valence-corrected chi connectivity index (χ2v) is 9.16. The van der Waals surface area contributed by atoms with Crippen LogP contribution < -0.4 is 9.73 Å². The lowest BCUT2D eigenvalue weighted by Crippen LogP contribution is -2.39. The van der Waals surface area contributed by atoms with E-state index in [1.807, 2.05) is 0 Å². The molecule has 0 saturated carbocycles. The number of nitro benzene ring substituents is 1. The van der Waals surface area contributed by atoms with E-state index in [1.165, 1.54) is 30.5 Å². The number of benzene rings is 3. The maximum absolute atomic E-state index is 13.3. The van der Waals surface area contributed by atoms with Crippen LogP contribution in [0.4, 0.5) is 11.4 Å². The first kappa shape index (κ1) is 23.1. The number of halogens is 1. The Balaban J connectivity index is 1.88.